The predicted octanol–water partition coefficient (Wildman–Crippen LogP) is 3.17. The molecule has 6 heteroatoms. The Balaban J connectivity index is 1.63. The molecule has 0 saturated heterocycles. The van der Waals surface area contributed by atoms with E-state index in [0.717, 1.165) is 5.56 Å². The quantitative estimate of drug-likeness (QED) is 0.750. The molecule has 3 rings (SSSR count). The zero-order valence-corrected chi connectivity index (χ0v) is 13.7. The Morgan fingerprint density at radius 1 is 1.12 bits per heavy atom. The van der Waals surface area contributed by atoms with E-state index in [1.165, 1.54) is 12.5 Å². The zero-order valence-electron chi connectivity index (χ0n) is 13.7. The number of furan rings is 1. The first-order valence-electron chi connectivity index (χ1n) is 7.76. The van der Waals surface area contributed by atoms with Crippen molar-refractivity contribution in [2.24, 2.45) is 0 Å². The summed E-state index contributed by atoms with van der Waals surface area (Å²) >= 11 is 0. The number of hydrogen-bond donors (Lipinski definition) is 2. The van der Waals surface area contributed by atoms with Gasteiger partial charge in [-0.2, -0.15) is 0 Å². The smallest absolute Gasteiger partial charge is 0.257 e. The molecule has 0 unspecified atom stereocenters. The van der Waals surface area contributed by atoms with Crippen molar-refractivity contribution >= 4 is 17.5 Å². The summed E-state index contributed by atoms with van der Waals surface area (Å²) in [4.78, 5) is 28.2. The molecule has 0 bridgehead atoms. The van der Waals surface area contributed by atoms with Crippen molar-refractivity contribution in [2.45, 2.75) is 13.5 Å². The standard InChI is InChI=1S/C19H17N3O3/c1-13-17(7-9-25-13)19(24)21-11-14-4-2-6-16(10-14)22-18(23)15-5-3-8-20-12-15/h2-10,12H,11H2,1H3,(H,21,24)(H,22,23). The van der Waals surface area contributed by atoms with Crippen LogP contribution in [0.25, 0.3) is 0 Å². The molecule has 126 valence electrons. The number of pyridine rings is 1. The summed E-state index contributed by atoms with van der Waals surface area (Å²) in [6.45, 7) is 2.09. The minimum atomic E-state index is -0.233. The van der Waals surface area contributed by atoms with Gasteiger partial charge in [0.1, 0.15) is 5.76 Å². The molecule has 0 spiro atoms. The average Bonchev–Trinajstić information content (AvgIpc) is 3.07. The Morgan fingerprint density at radius 3 is 2.72 bits per heavy atom. The van der Waals surface area contributed by atoms with Crippen LogP contribution in [0.1, 0.15) is 32.0 Å². The Labute approximate surface area is 144 Å². The lowest BCUT2D eigenvalue weighted by Gasteiger charge is -2.08. The van der Waals surface area contributed by atoms with Crippen LogP contribution in [0.3, 0.4) is 0 Å². The number of aryl methyl sites for hydroxylation is 1. The fourth-order valence-electron chi connectivity index (χ4n) is 2.36. The van der Waals surface area contributed by atoms with Crippen LogP contribution in [0.15, 0.2) is 65.5 Å². The summed E-state index contributed by atoms with van der Waals surface area (Å²) in [6, 6.07) is 12.3. The molecule has 25 heavy (non-hydrogen) atoms. The van der Waals surface area contributed by atoms with E-state index in [2.05, 4.69) is 15.6 Å². The summed E-state index contributed by atoms with van der Waals surface area (Å²) in [5.74, 6) is 0.148. The molecule has 0 aliphatic rings. The number of benzene rings is 1. The maximum absolute atomic E-state index is 12.2. The summed E-state index contributed by atoms with van der Waals surface area (Å²) in [5, 5.41) is 5.65. The Morgan fingerprint density at radius 2 is 2.00 bits per heavy atom. The lowest BCUT2D eigenvalue weighted by molar-refractivity contribution is 0.0948. The summed E-state index contributed by atoms with van der Waals surface area (Å²) in [7, 11) is 0. The van der Waals surface area contributed by atoms with E-state index in [4.69, 9.17) is 4.42 Å². The SMILES string of the molecule is Cc1occc1C(=O)NCc1cccc(NC(=O)c2cccnc2)c1. The molecule has 0 saturated carbocycles. The second-order valence-electron chi connectivity index (χ2n) is 5.47. The van der Waals surface area contributed by atoms with E-state index < -0.39 is 0 Å². The normalized spacial score (nSPS) is 10.3. The molecule has 2 aromatic heterocycles. The van der Waals surface area contributed by atoms with Gasteiger partial charge in [-0.3, -0.25) is 14.6 Å². The van der Waals surface area contributed by atoms with Gasteiger partial charge in [0.25, 0.3) is 11.8 Å². The third kappa shape index (κ3) is 4.11. The monoisotopic (exact) mass is 335 g/mol. The van der Waals surface area contributed by atoms with Crippen LogP contribution in [0.5, 0.6) is 0 Å². The molecular formula is C19H17N3O3. The van der Waals surface area contributed by atoms with Crippen molar-refractivity contribution in [1.29, 1.82) is 0 Å². The molecular weight excluding hydrogens is 318 g/mol. The topological polar surface area (TPSA) is 84.2 Å². The molecule has 0 fully saturated rings. The van der Waals surface area contributed by atoms with Gasteiger partial charge in [-0.25, -0.2) is 0 Å². The number of hydrogen-bond acceptors (Lipinski definition) is 4. The highest BCUT2D eigenvalue weighted by Crippen LogP contribution is 2.13. The number of aromatic nitrogens is 1. The Hall–Kier alpha value is -3.41. The van der Waals surface area contributed by atoms with Crippen LogP contribution in [-0.4, -0.2) is 16.8 Å². The number of amides is 2. The van der Waals surface area contributed by atoms with Crippen molar-refractivity contribution in [3.8, 4) is 0 Å². The Kier molecular flexibility index (Phi) is 4.89. The fraction of sp³-hybridized carbons (Fsp3) is 0.105. The highest BCUT2D eigenvalue weighted by atomic mass is 16.3. The van der Waals surface area contributed by atoms with Gasteiger partial charge in [0, 0.05) is 24.6 Å². The van der Waals surface area contributed by atoms with E-state index in [-0.39, 0.29) is 11.8 Å². The maximum Gasteiger partial charge on any atom is 0.257 e. The minimum Gasteiger partial charge on any atom is -0.469 e. The number of anilines is 1. The van der Waals surface area contributed by atoms with E-state index >= 15 is 0 Å². The largest absolute Gasteiger partial charge is 0.469 e. The first kappa shape index (κ1) is 16.4. The zero-order chi connectivity index (χ0) is 17.6. The molecule has 6 nitrogen and oxygen atoms in total. The van der Waals surface area contributed by atoms with E-state index in [0.29, 0.717) is 29.1 Å². The molecule has 2 amide bonds. The number of carbonyl (C=O) groups excluding carboxylic acids is 2. The van der Waals surface area contributed by atoms with Crippen LogP contribution >= 0.6 is 0 Å². The van der Waals surface area contributed by atoms with Crippen LogP contribution in [0, 0.1) is 6.92 Å². The van der Waals surface area contributed by atoms with Crippen molar-refractivity contribution < 1.29 is 14.0 Å². The molecule has 0 atom stereocenters. The molecule has 1 aromatic carbocycles. The first-order chi connectivity index (χ1) is 12.1. The van der Waals surface area contributed by atoms with Gasteiger partial charge >= 0.3 is 0 Å². The fourth-order valence-corrected chi connectivity index (χ4v) is 2.36. The second kappa shape index (κ2) is 7.44. The first-order valence-corrected chi connectivity index (χ1v) is 7.76. The molecule has 3 aromatic rings. The van der Waals surface area contributed by atoms with E-state index in [1.807, 2.05) is 18.2 Å². The minimum absolute atomic E-state index is 0.198. The van der Waals surface area contributed by atoms with Crippen molar-refractivity contribution in [3.63, 3.8) is 0 Å². The highest BCUT2D eigenvalue weighted by Gasteiger charge is 2.11. The van der Waals surface area contributed by atoms with E-state index in [9.17, 15) is 9.59 Å². The van der Waals surface area contributed by atoms with Gasteiger partial charge < -0.3 is 15.1 Å². The maximum atomic E-state index is 12.2. The third-order valence-corrected chi connectivity index (χ3v) is 3.67. The van der Waals surface area contributed by atoms with Gasteiger partial charge in [-0.1, -0.05) is 12.1 Å². The van der Waals surface area contributed by atoms with Crippen molar-refractivity contribution in [1.82, 2.24) is 10.3 Å². The molecule has 0 radical (unpaired) electrons. The number of nitrogens with zero attached hydrogens (tertiary/aromatic N) is 1. The molecule has 0 aliphatic carbocycles. The Bertz CT molecular complexity index is 888. The van der Waals surface area contributed by atoms with Gasteiger partial charge in [0.2, 0.25) is 0 Å². The highest BCUT2D eigenvalue weighted by molar-refractivity contribution is 6.04. The van der Waals surface area contributed by atoms with E-state index in [1.54, 1.807) is 37.4 Å². The number of carbonyl (C=O) groups is 2. The van der Waals surface area contributed by atoms with Gasteiger partial charge in [0.15, 0.2) is 0 Å². The predicted molar refractivity (Wildman–Crippen MR) is 93.2 cm³/mol. The van der Waals surface area contributed by atoms with Crippen LogP contribution in [0.4, 0.5) is 5.69 Å². The molecule has 0 aliphatic heterocycles. The van der Waals surface area contributed by atoms with Crippen molar-refractivity contribution in [3.05, 3.63) is 83.6 Å². The molecule has 2 heterocycles. The van der Waals surface area contributed by atoms with Gasteiger partial charge in [0.05, 0.1) is 17.4 Å². The summed E-state index contributed by atoms with van der Waals surface area (Å²) in [5.41, 5.74) is 2.52. The average molecular weight is 335 g/mol. The molecule has 2 N–H and O–H groups in total. The lowest BCUT2D eigenvalue weighted by Crippen LogP contribution is -2.23. The van der Waals surface area contributed by atoms with Crippen LogP contribution in [-0.2, 0) is 6.54 Å². The van der Waals surface area contributed by atoms with Crippen molar-refractivity contribution in [2.75, 3.05) is 5.32 Å². The summed E-state index contributed by atoms with van der Waals surface area (Å²) < 4.78 is 5.13. The van der Waals surface area contributed by atoms with Gasteiger partial charge in [-0.05, 0) is 42.8 Å². The van der Waals surface area contributed by atoms with Crippen LogP contribution in [0.2, 0.25) is 0 Å². The number of nitrogens with one attached hydrogen (secondary N) is 2. The summed E-state index contributed by atoms with van der Waals surface area (Å²) in [6.07, 6.45) is 4.60. The second-order valence-corrected chi connectivity index (χ2v) is 5.47. The number of rotatable bonds is 5. The third-order valence-electron chi connectivity index (χ3n) is 3.67. The van der Waals surface area contributed by atoms with Gasteiger partial charge in [-0.15, -0.1) is 0 Å². The lowest BCUT2D eigenvalue weighted by atomic mass is 10.1. The van der Waals surface area contributed by atoms with Crippen LogP contribution < -0.4 is 10.6 Å².